The van der Waals surface area contributed by atoms with Crippen LogP contribution in [-0.4, -0.2) is 18.8 Å². The van der Waals surface area contributed by atoms with E-state index in [1.807, 2.05) is 0 Å². The van der Waals surface area contributed by atoms with E-state index >= 15 is 0 Å². The first-order chi connectivity index (χ1) is 5.99. The van der Waals surface area contributed by atoms with Crippen LogP contribution in [0.5, 0.6) is 0 Å². The molecule has 0 saturated carbocycles. The van der Waals surface area contributed by atoms with Gasteiger partial charge in [-0.05, 0) is 11.4 Å². The number of halogens is 3. The molecule has 13 heavy (non-hydrogen) atoms. The van der Waals surface area contributed by atoms with Crippen molar-refractivity contribution in [2.24, 2.45) is 0 Å². The van der Waals surface area contributed by atoms with Gasteiger partial charge in [0.25, 0.3) is 0 Å². The Morgan fingerprint density at radius 1 is 1.54 bits per heavy atom. The largest absolute Gasteiger partial charge is 0.452 e. The number of thiophene rings is 1. The van der Waals surface area contributed by atoms with Gasteiger partial charge in [0.15, 0.2) is 6.61 Å². The van der Waals surface area contributed by atoms with Gasteiger partial charge in [-0.1, -0.05) is 6.07 Å². The van der Waals surface area contributed by atoms with Crippen molar-refractivity contribution in [3.63, 3.8) is 0 Å². The van der Waals surface area contributed by atoms with E-state index in [1.165, 1.54) is 6.07 Å². The summed E-state index contributed by atoms with van der Waals surface area (Å²) in [6.07, 6.45) is -4.47. The Hall–Kier alpha value is -1.04. The quantitative estimate of drug-likeness (QED) is 0.701. The van der Waals surface area contributed by atoms with Crippen LogP contribution in [0, 0.1) is 0 Å². The van der Waals surface area contributed by atoms with Crippen molar-refractivity contribution in [3.05, 3.63) is 22.4 Å². The number of esters is 1. The zero-order valence-electron chi connectivity index (χ0n) is 6.30. The second-order valence-electron chi connectivity index (χ2n) is 2.17. The molecule has 0 fully saturated rings. The molecule has 1 aromatic heterocycles. The molecule has 0 aliphatic rings. The van der Waals surface area contributed by atoms with E-state index in [9.17, 15) is 18.0 Å². The monoisotopic (exact) mass is 210 g/mol. The van der Waals surface area contributed by atoms with E-state index < -0.39 is 18.8 Å². The Kier molecular flexibility index (Phi) is 2.92. The normalized spacial score (nSPS) is 11.3. The summed E-state index contributed by atoms with van der Waals surface area (Å²) in [4.78, 5) is 11.0. The predicted octanol–water partition coefficient (Wildman–Crippen LogP) is 2.47. The van der Waals surface area contributed by atoms with Crippen molar-refractivity contribution in [2.75, 3.05) is 6.61 Å². The summed E-state index contributed by atoms with van der Waals surface area (Å²) in [5.74, 6) is -0.938. The first-order valence-electron chi connectivity index (χ1n) is 3.26. The van der Waals surface area contributed by atoms with E-state index in [1.54, 1.807) is 11.4 Å². The van der Waals surface area contributed by atoms with Crippen LogP contribution in [-0.2, 0) is 4.74 Å². The summed E-state index contributed by atoms with van der Waals surface area (Å²) >= 11 is 1.04. The number of rotatable bonds is 2. The van der Waals surface area contributed by atoms with Crippen LogP contribution in [0.2, 0.25) is 0 Å². The predicted molar refractivity (Wildman–Crippen MR) is 40.7 cm³/mol. The standard InChI is InChI=1S/C7H5F3O2S/c8-7(9,10)4-12-6(11)5-2-1-3-13-5/h1-3H,4H2. The van der Waals surface area contributed by atoms with Crippen LogP contribution >= 0.6 is 11.3 Å². The molecule has 0 saturated heterocycles. The summed E-state index contributed by atoms with van der Waals surface area (Å²) < 4.78 is 38.7. The highest BCUT2D eigenvalue weighted by Crippen LogP contribution is 2.16. The van der Waals surface area contributed by atoms with Gasteiger partial charge < -0.3 is 4.74 Å². The Morgan fingerprint density at radius 2 is 2.23 bits per heavy atom. The summed E-state index contributed by atoms with van der Waals surface area (Å²) in [7, 11) is 0. The Bertz CT molecular complexity index is 278. The lowest BCUT2D eigenvalue weighted by molar-refractivity contribution is -0.161. The first kappa shape index (κ1) is 10.0. The zero-order valence-corrected chi connectivity index (χ0v) is 7.11. The SMILES string of the molecule is O=C(OCC(F)(F)F)c1cccs1. The smallest absolute Gasteiger partial charge is 0.422 e. The summed E-state index contributed by atoms with van der Waals surface area (Å²) in [5, 5.41) is 1.59. The molecule has 0 bridgehead atoms. The number of carbonyl (C=O) groups is 1. The van der Waals surface area contributed by atoms with Gasteiger partial charge in [0.1, 0.15) is 4.88 Å². The van der Waals surface area contributed by atoms with Crippen LogP contribution in [0.15, 0.2) is 17.5 Å². The Morgan fingerprint density at radius 3 is 2.69 bits per heavy atom. The molecule has 0 aromatic carbocycles. The molecule has 0 atom stereocenters. The minimum absolute atomic E-state index is 0.171. The molecular weight excluding hydrogens is 205 g/mol. The second kappa shape index (κ2) is 3.78. The minimum atomic E-state index is -4.47. The second-order valence-corrected chi connectivity index (χ2v) is 3.12. The molecule has 1 aromatic rings. The summed E-state index contributed by atoms with van der Waals surface area (Å²) in [6, 6.07) is 2.97. The molecule has 0 aliphatic heterocycles. The maximum Gasteiger partial charge on any atom is 0.422 e. The third-order valence-electron chi connectivity index (χ3n) is 1.09. The van der Waals surface area contributed by atoms with E-state index in [0.29, 0.717) is 0 Å². The van der Waals surface area contributed by atoms with Crippen molar-refractivity contribution in [2.45, 2.75) is 6.18 Å². The van der Waals surface area contributed by atoms with Gasteiger partial charge in [-0.3, -0.25) is 0 Å². The number of ether oxygens (including phenoxy) is 1. The lowest BCUT2D eigenvalue weighted by Crippen LogP contribution is -2.19. The average Bonchev–Trinajstić information content (AvgIpc) is 2.50. The van der Waals surface area contributed by atoms with Gasteiger partial charge in [0.2, 0.25) is 0 Å². The van der Waals surface area contributed by atoms with Gasteiger partial charge in [0.05, 0.1) is 0 Å². The van der Waals surface area contributed by atoms with Crippen molar-refractivity contribution in [1.82, 2.24) is 0 Å². The van der Waals surface area contributed by atoms with Gasteiger partial charge in [-0.2, -0.15) is 13.2 Å². The van der Waals surface area contributed by atoms with Crippen LogP contribution in [0.25, 0.3) is 0 Å². The highest BCUT2D eigenvalue weighted by atomic mass is 32.1. The first-order valence-corrected chi connectivity index (χ1v) is 4.14. The fourth-order valence-electron chi connectivity index (χ4n) is 0.613. The van der Waals surface area contributed by atoms with Crippen LogP contribution in [0.3, 0.4) is 0 Å². The van der Waals surface area contributed by atoms with Crippen molar-refractivity contribution in [3.8, 4) is 0 Å². The summed E-state index contributed by atoms with van der Waals surface area (Å²) in [5.41, 5.74) is 0. The lowest BCUT2D eigenvalue weighted by atomic mass is 10.5. The molecule has 2 nitrogen and oxygen atoms in total. The molecule has 0 N–H and O–H groups in total. The van der Waals surface area contributed by atoms with E-state index in [-0.39, 0.29) is 4.88 Å². The van der Waals surface area contributed by atoms with Crippen molar-refractivity contribution >= 4 is 17.3 Å². The zero-order chi connectivity index (χ0) is 9.90. The Balaban J connectivity index is 2.44. The highest BCUT2D eigenvalue weighted by Gasteiger charge is 2.29. The molecule has 72 valence electrons. The van der Waals surface area contributed by atoms with E-state index in [0.717, 1.165) is 11.3 Å². The van der Waals surface area contributed by atoms with Crippen LogP contribution in [0.1, 0.15) is 9.67 Å². The Labute approximate surface area is 75.9 Å². The molecule has 0 radical (unpaired) electrons. The number of alkyl halides is 3. The third kappa shape index (κ3) is 3.45. The molecule has 6 heteroatoms. The fourth-order valence-corrected chi connectivity index (χ4v) is 1.23. The molecule has 0 amide bonds. The van der Waals surface area contributed by atoms with E-state index in [2.05, 4.69) is 4.74 Å². The van der Waals surface area contributed by atoms with Gasteiger partial charge >= 0.3 is 12.1 Å². The average molecular weight is 210 g/mol. The van der Waals surface area contributed by atoms with Crippen molar-refractivity contribution < 1.29 is 22.7 Å². The van der Waals surface area contributed by atoms with E-state index in [4.69, 9.17) is 0 Å². The number of hydrogen-bond donors (Lipinski definition) is 0. The fraction of sp³-hybridized carbons (Fsp3) is 0.286. The lowest BCUT2D eigenvalue weighted by Gasteiger charge is -2.05. The van der Waals surface area contributed by atoms with Crippen molar-refractivity contribution in [1.29, 1.82) is 0 Å². The third-order valence-corrected chi connectivity index (χ3v) is 1.94. The summed E-state index contributed by atoms with van der Waals surface area (Å²) in [6.45, 7) is -1.54. The molecule has 0 aliphatic carbocycles. The van der Waals surface area contributed by atoms with Crippen LogP contribution < -0.4 is 0 Å². The van der Waals surface area contributed by atoms with Crippen LogP contribution in [0.4, 0.5) is 13.2 Å². The molecular formula is C7H5F3O2S. The minimum Gasteiger partial charge on any atom is -0.452 e. The maximum absolute atomic E-state index is 11.6. The number of hydrogen-bond acceptors (Lipinski definition) is 3. The molecule has 1 heterocycles. The van der Waals surface area contributed by atoms with Gasteiger partial charge in [-0.15, -0.1) is 11.3 Å². The number of carbonyl (C=O) groups excluding carboxylic acids is 1. The maximum atomic E-state index is 11.6. The van der Waals surface area contributed by atoms with Gasteiger partial charge in [-0.25, -0.2) is 4.79 Å². The van der Waals surface area contributed by atoms with Gasteiger partial charge in [0, 0.05) is 0 Å². The molecule has 1 rings (SSSR count). The topological polar surface area (TPSA) is 26.3 Å². The highest BCUT2D eigenvalue weighted by molar-refractivity contribution is 7.11. The molecule has 0 unspecified atom stereocenters. The molecule has 0 spiro atoms.